The van der Waals surface area contributed by atoms with Crippen LogP contribution in [0.5, 0.6) is 0 Å². The van der Waals surface area contributed by atoms with Crippen molar-refractivity contribution >= 4 is 28.3 Å². The summed E-state index contributed by atoms with van der Waals surface area (Å²) < 4.78 is 6.58. The van der Waals surface area contributed by atoms with Gasteiger partial charge in [-0.05, 0) is 47.9 Å². The Bertz CT molecular complexity index is 325. The summed E-state index contributed by atoms with van der Waals surface area (Å²) in [6.45, 7) is 2.01. The maximum atomic E-state index is 5.71. The molecule has 1 aromatic rings. The molecule has 1 aliphatic heterocycles. The van der Waals surface area contributed by atoms with Crippen LogP contribution in [-0.2, 0) is 10.3 Å². The van der Waals surface area contributed by atoms with E-state index in [9.17, 15) is 0 Å². The smallest absolute Gasteiger partial charge is 0.106 e. The zero-order valence-corrected chi connectivity index (χ0v) is 11.6. The molecule has 0 bridgehead atoms. The minimum absolute atomic E-state index is 0. The molecule has 2 heterocycles. The zero-order valence-electron chi connectivity index (χ0n) is 9.20. The van der Waals surface area contributed by atoms with Gasteiger partial charge in [-0.15, -0.1) is 12.4 Å². The number of rotatable bonds is 2. The van der Waals surface area contributed by atoms with Crippen molar-refractivity contribution in [3.8, 4) is 0 Å². The van der Waals surface area contributed by atoms with Gasteiger partial charge in [-0.1, -0.05) is 6.07 Å². The molecule has 90 valence electrons. The van der Waals surface area contributed by atoms with Gasteiger partial charge in [0, 0.05) is 18.9 Å². The third kappa shape index (κ3) is 2.74. The molecule has 0 unspecified atom stereocenters. The Morgan fingerprint density at radius 3 is 2.56 bits per heavy atom. The molecule has 5 heteroatoms. The van der Waals surface area contributed by atoms with Crippen LogP contribution in [0.3, 0.4) is 0 Å². The van der Waals surface area contributed by atoms with E-state index < -0.39 is 0 Å². The van der Waals surface area contributed by atoms with Crippen molar-refractivity contribution in [3.63, 3.8) is 0 Å². The molecule has 0 radical (unpaired) electrons. The monoisotopic (exact) mass is 306 g/mol. The summed E-state index contributed by atoms with van der Waals surface area (Å²) in [6, 6.07) is 4.06. The fraction of sp³-hybridized carbons (Fsp3) is 0.545. The van der Waals surface area contributed by atoms with Gasteiger partial charge in [0.25, 0.3) is 0 Å². The summed E-state index contributed by atoms with van der Waals surface area (Å²) in [5.74, 6) is 0. The fourth-order valence-corrected chi connectivity index (χ4v) is 2.32. The maximum absolute atomic E-state index is 5.71. The lowest BCUT2D eigenvalue weighted by Crippen LogP contribution is -2.41. The van der Waals surface area contributed by atoms with Crippen LogP contribution in [-0.4, -0.2) is 25.2 Å². The Hall–Kier alpha value is -0.160. The molecule has 1 aromatic heterocycles. The largest absolute Gasteiger partial charge is 0.373 e. The highest BCUT2D eigenvalue weighted by Crippen LogP contribution is 2.33. The Morgan fingerprint density at radius 1 is 1.38 bits per heavy atom. The normalized spacial score (nSPS) is 18.9. The third-order valence-corrected chi connectivity index (χ3v) is 3.52. The number of ether oxygens (including phenoxy) is 1. The summed E-state index contributed by atoms with van der Waals surface area (Å²) in [4.78, 5) is 4.26. The summed E-state index contributed by atoms with van der Waals surface area (Å²) in [5.41, 5.74) is 1.04. The molecule has 2 rings (SSSR count). The second-order valence-corrected chi connectivity index (χ2v) is 4.63. The third-order valence-electron chi connectivity index (χ3n) is 3.06. The first-order chi connectivity index (χ1) is 7.27. The van der Waals surface area contributed by atoms with E-state index >= 15 is 0 Å². The van der Waals surface area contributed by atoms with Gasteiger partial charge >= 0.3 is 0 Å². The second kappa shape index (κ2) is 5.96. The topological polar surface area (TPSA) is 34.1 Å². The molecule has 0 spiro atoms. The SMILES string of the molecule is COC1(c2ccc(Br)nc2)CCNCC1.Cl. The van der Waals surface area contributed by atoms with Crippen LogP contribution in [0.15, 0.2) is 22.9 Å². The van der Waals surface area contributed by atoms with Crippen molar-refractivity contribution in [2.75, 3.05) is 20.2 Å². The molecule has 3 nitrogen and oxygen atoms in total. The number of hydrogen-bond acceptors (Lipinski definition) is 3. The Balaban J connectivity index is 0.00000128. The van der Waals surface area contributed by atoms with E-state index in [1.807, 2.05) is 12.3 Å². The molecule has 0 aliphatic carbocycles. The van der Waals surface area contributed by atoms with Gasteiger partial charge in [-0.25, -0.2) is 4.98 Å². The van der Waals surface area contributed by atoms with Crippen molar-refractivity contribution in [3.05, 3.63) is 28.5 Å². The zero-order chi connectivity index (χ0) is 10.7. The molecule has 1 aliphatic rings. The maximum Gasteiger partial charge on any atom is 0.106 e. The van der Waals surface area contributed by atoms with Crippen LogP contribution >= 0.6 is 28.3 Å². The van der Waals surface area contributed by atoms with Crippen molar-refractivity contribution in [2.24, 2.45) is 0 Å². The lowest BCUT2D eigenvalue weighted by Gasteiger charge is -2.36. The number of nitrogens with one attached hydrogen (secondary N) is 1. The summed E-state index contributed by atoms with van der Waals surface area (Å²) >= 11 is 3.34. The molecule has 16 heavy (non-hydrogen) atoms. The van der Waals surface area contributed by atoms with Crippen LogP contribution in [0.4, 0.5) is 0 Å². The van der Waals surface area contributed by atoms with E-state index in [0.29, 0.717) is 0 Å². The Kier molecular flexibility index (Phi) is 5.18. The van der Waals surface area contributed by atoms with Crippen LogP contribution in [0.2, 0.25) is 0 Å². The number of pyridine rings is 1. The Labute approximate surface area is 111 Å². The van der Waals surface area contributed by atoms with Gasteiger partial charge in [0.1, 0.15) is 4.60 Å². The van der Waals surface area contributed by atoms with Gasteiger partial charge in [0.2, 0.25) is 0 Å². The summed E-state index contributed by atoms with van der Waals surface area (Å²) in [7, 11) is 1.79. The summed E-state index contributed by atoms with van der Waals surface area (Å²) in [5, 5.41) is 3.35. The minimum atomic E-state index is -0.140. The van der Waals surface area contributed by atoms with Crippen LogP contribution in [0.25, 0.3) is 0 Å². The molecular formula is C11H16BrClN2O. The molecular weight excluding hydrogens is 291 g/mol. The Morgan fingerprint density at radius 2 is 2.06 bits per heavy atom. The molecule has 0 saturated carbocycles. The van der Waals surface area contributed by atoms with Crippen LogP contribution < -0.4 is 5.32 Å². The molecule has 1 N–H and O–H groups in total. The molecule has 0 amide bonds. The van der Waals surface area contributed by atoms with Gasteiger partial charge in [-0.2, -0.15) is 0 Å². The highest BCUT2D eigenvalue weighted by molar-refractivity contribution is 9.10. The number of aromatic nitrogens is 1. The minimum Gasteiger partial charge on any atom is -0.373 e. The van der Waals surface area contributed by atoms with E-state index in [-0.39, 0.29) is 18.0 Å². The van der Waals surface area contributed by atoms with Gasteiger partial charge in [0.05, 0.1) is 5.60 Å². The number of nitrogens with zero attached hydrogens (tertiary/aromatic N) is 1. The van der Waals surface area contributed by atoms with Gasteiger partial charge in [0.15, 0.2) is 0 Å². The van der Waals surface area contributed by atoms with E-state index in [1.165, 1.54) is 5.56 Å². The first-order valence-electron chi connectivity index (χ1n) is 5.15. The van der Waals surface area contributed by atoms with E-state index in [0.717, 1.165) is 30.5 Å². The number of piperidine rings is 1. The van der Waals surface area contributed by atoms with Crippen molar-refractivity contribution in [2.45, 2.75) is 18.4 Å². The first kappa shape index (κ1) is 13.9. The first-order valence-corrected chi connectivity index (χ1v) is 5.94. The highest BCUT2D eigenvalue weighted by atomic mass is 79.9. The van der Waals surface area contributed by atoms with E-state index in [2.05, 4.69) is 32.3 Å². The fourth-order valence-electron chi connectivity index (χ4n) is 2.09. The highest BCUT2D eigenvalue weighted by Gasteiger charge is 2.33. The van der Waals surface area contributed by atoms with Gasteiger partial charge in [-0.3, -0.25) is 0 Å². The predicted molar refractivity (Wildman–Crippen MR) is 70.0 cm³/mol. The van der Waals surface area contributed by atoms with Crippen molar-refractivity contribution in [1.82, 2.24) is 10.3 Å². The average Bonchev–Trinajstić information content (AvgIpc) is 2.31. The van der Waals surface area contributed by atoms with Crippen molar-refractivity contribution in [1.29, 1.82) is 0 Å². The predicted octanol–water partition coefficient (Wildman–Crippen LogP) is 2.49. The number of hydrogen-bond donors (Lipinski definition) is 1. The lowest BCUT2D eigenvalue weighted by atomic mass is 9.86. The van der Waals surface area contributed by atoms with Gasteiger partial charge < -0.3 is 10.1 Å². The number of halogens is 2. The molecule has 1 saturated heterocycles. The van der Waals surface area contributed by atoms with Crippen LogP contribution in [0.1, 0.15) is 18.4 Å². The lowest BCUT2D eigenvalue weighted by molar-refractivity contribution is -0.0393. The van der Waals surface area contributed by atoms with E-state index in [1.54, 1.807) is 7.11 Å². The molecule has 0 aromatic carbocycles. The van der Waals surface area contributed by atoms with Crippen LogP contribution in [0, 0.1) is 0 Å². The average molecular weight is 308 g/mol. The van der Waals surface area contributed by atoms with E-state index in [4.69, 9.17) is 4.74 Å². The standard InChI is InChI=1S/C11H15BrN2O.ClH/c1-15-11(4-6-13-7-5-11)9-2-3-10(12)14-8-9;/h2-3,8,13H,4-7H2,1H3;1H. The number of methoxy groups -OCH3 is 1. The second-order valence-electron chi connectivity index (χ2n) is 3.82. The molecule has 1 fully saturated rings. The molecule has 0 atom stereocenters. The quantitative estimate of drug-likeness (QED) is 0.853. The summed E-state index contributed by atoms with van der Waals surface area (Å²) in [6.07, 6.45) is 3.92. The van der Waals surface area contributed by atoms with Crippen molar-refractivity contribution < 1.29 is 4.74 Å².